The quantitative estimate of drug-likeness (QED) is 0.791. The van der Waals surface area contributed by atoms with Gasteiger partial charge in [0.05, 0.1) is 0 Å². The molecule has 0 saturated heterocycles. The Morgan fingerprint density at radius 1 is 1.47 bits per heavy atom. The Hall–Kier alpha value is -1.48. The van der Waals surface area contributed by atoms with Crippen molar-refractivity contribution in [3.63, 3.8) is 0 Å². The van der Waals surface area contributed by atoms with Gasteiger partial charge in [-0.3, -0.25) is 0 Å². The van der Waals surface area contributed by atoms with Gasteiger partial charge in [0.15, 0.2) is 0 Å². The first kappa shape index (κ1) is 10.1. The van der Waals surface area contributed by atoms with Crippen LogP contribution in [0.1, 0.15) is 11.4 Å². The van der Waals surface area contributed by atoms with Crippen molar-refractivity contribution in [2.75, 3.05) is 5.73 Å². The summed E-state index contributed by atoms with van der Waals surface area (Å²) in [6.07, 6.45) is 4.42. The van der Waals surface area contributed by atoms with Gasteiger partial charge in [-0.25, -0.2) is 4.98 Å². The summed E-state index contributed by atoms with van der Waals surface area (Å²) in [5, 5.41) is 0.693. The van der Waals surface area contributed by atoms with Gasteiger partial charge in [-0.15, -0.1) is 0 Å². The number of halogens is 1. The molecule has 0 radical (unpaired) electrons. The standard InChI is InChI=1S/C11H12ClN3/c1-15-5-4-14-11(15)6-8-2-3-9(13)7-10(8)12/h2-5,7H,6,13H2,1H3. The Kier molecular flexibility index (Phi) is 2.64. The molecular formula is C11H12ClN3. The van der Waals surface area contributed by atoms with Gasteiger partial charge in [0, 0.05) is 36.6 Å². The second kappa shape index (κ2) is 3.95. The molecule has 0 spiro atoms. The fourth-order valence-electron chi connectivity index (χ4n) is 1.44. The molecule has 3 nitrogen and oxygen atoms in total. The summed E-state index contributed by atoms with van der Waals surface area (Å²) in [6.45, 7) is 0. The Bertz CT molecular complexity index is 476. The van der Waals surface area contributed by atoms with Gasteiger partial charge < -0.3 is 10.3 Å². The number of nitrogens with zero attached hydrogens (tertiary/aromatic N) is 2. The normalized spacial score (nSPS) is 10.5. The lowest BCUT2D eigenvalue weighted by Crippen LogP contribution is -1.99. The van der Waals surface area contributed by atoms with Crippen LogP contribution in [0.5, 0.6) is 0 Å². The van der Waals surface area contributed by atoms with Crippen molar-refractivity contribution in [1.29, 1.82) is 0 Å². The third-order valence-electron chi connectivity index (χ3n) is 2.35. The smallest absolute Gasteiger partial charge is 0.112 e. The van der Waals surface area contributed by atoms with Crippen LogP contribution in [0.15, 0.2) is 30.6 Å². The molecule has 0 amide bonds. The lowest BCUT2D eigenvalue weighted by atomic mass is 10.1. The van der Waals surface area contributed by atoms with Crippen LogP contribution in [-0.4, -0.2) is 9.55 Å². The Labute approximate surface area is 93.5 Å². The molecule has 0 aliphatic rings. The first-order chi connectivity index (χ1) is 7.16. The fraction of sp³-hybridized carbons (Fsp3) is 0.182. The van der Waals surface area contributed by atoms with Crippen molar-refractivity contribution in [3.05, 3.63) is 47.0 Å². The number of nitrogen functional groups attached to an aromatic ring is 1. The summed E-state index contributed by atoms with van der Waals surface area (Å²) in [7, 11) is 1.97. The highest BCUT2D eigenvalue weighted by Gasteiger charge is 2.05. The van der Waals surface area contributed by atoms with Gasteiger partial charge in [0.25, 0.3) is 0 Å². The number of aromatic nitrogens is 2. The SMILES string of the molecule is Cn1ccnc1Cc1ccc(N)cc1Cl. The van der Waals surface area contributed by atoms with Gasteiger partial charge in [-0.2, -0.15) is 0 Å². The fourth-order valence-corrected chi connectivity index (χ4v) is 1.70. The van der Waals surface area contributed by atoms with Crippen molar-refractivity contribution < 1.29 is 0 Å². The lowest BCUT2D eigenvalue weighted by molar-refractivity contribution is 0.822. The summed E-state index contributed by atoms with van der Waals surface area (Å²) in [5.41, 5.74) is 7.35. The van der Waals surface area contributed by atoms with Crippen LogP contribution in [-0.2, 0) is 13.5 Å². The zero-order valence-corrected chi connectivity index (χ0v) is 9.20. The second-order valence-electron chi connectivity index (χ2n) is 3.48. The van der Waals surface area contributed by atoms with E-state index in [-0.39, 0.29) is 0 Å². The van der Waals surface area contributed by atoms with E-state index in [1.807, 2.05) is 29.9 Å². The molecule has 15 heavy (non-hydrogen) atoms. The molecule has 0 saturated carbocycles. The molecule has 2 aromatic rings. The molecule has 2 N–H and O–H groups in total. The van der Waals surface area contributed by atoms with Crippen molar-refractivity contribution in [2.24, 2.45) is 7.05 Å². The van der Waals surface area contributed by atoms with Crippen molar-refractivity contribution in [3.8, 4) is 0 Å². The number of nitrogens with two attached hydrogens (primary N) is 1. The minimum absolute atomic E-state index is 0.684. The molecule has 0 atom stereocenters. The minimum atomic E-state index is 0.684. The number of imidazole rings is 1. The van der Waals surface area contributed by atoms with E-state index in [1.165, 1.54) is 0 Å². The zero-order chi connectivity index (χ0) is 10.8. The average Bonchev–Trinajstić information content (AvgIpc) is 2.57. The largest absolute Gasteiger partial charge is 0.399 e. The van der Waals surface area contributed by atoms with Crippen molar-refractivity contribution >= 4 is 17.3 Å². The summed E-state index contributed by atoms with van der Waals surface area (Å²) in [6, 6.07) is 5.55. The maximum atomic E-state index is 6.08. The van der Waals surface area contributed by atoms with E-state index >= 15 is 0 Å². The van der Waals surface area contributed by atoms with E-state index in [0.29, 0.717) is 10.7 Å². The molecule has 1 aromatic carbocycles. The molecule has 0 aliphatic carbocycles. The van der Waals surface area contributed by atoms with Crippen LogP contribution in [0.4, 0.5) is 5.69 Å². The van der Waals surface area contributed by atoms with E-state index in [9.17, 15) is 0 Å². The maximum Gasteiger partial charge on any atom is 0.112 e. The van der Waals surface area contributed by atoms with Gasteiger partial charge in [-0.1, -0.05) is 17.7 Å². The highest BCUT2D eigenvalue weighted by Crippen LogP contribution is 2.21. The molecular weight excluding hydrogens is 210 g/mol. The third-order valence-corrected chi connectivity index (χ3v) is 2.70. The van der Waals surface area contributed by atoms with Gasteiger partial charge in [0.1, 0.15) is 5.82 Å². The van der Waals surface area contributed by atoms with Crippen LogP contribution in [0.3, 0.4) is 0 Å². The first-order valence-electron chi connectivity index (χ1n) is 4.67. The van der Waals surface area contributed by atoms with E-state index in [0.717, 1.165) is 17.8 Å². The van der Waals surface area contributed by atoms with Crippen LogP contribution in [0.2, 0.25) is 5.02 Å². The molecule has 4 heteroatoms. The molecule has 0 aliphatic heterocycles. The number of anilines is 1. The van der Waals surface area contributed by atoms with Crippen LogP contribution < -0.4 is 5.73 Å². The molecule has 0 bridgehead atoms. The number of hydrogen-bond acceptors (Lipinski definition) is 2. The number of hydrogen-bond donors (Lipinski definition) is 1. The number of rotatable bonds is 2. The zero-order valence-electron chi connectivity index (χ0n) is 8.44. The predicted octanol–water partition coefficient (Wildman–Crippen LogP) is 2.25. The highest BCUT2D eigenvalue weighted by molar-refractivity contribution is 6.31. The van der Waals surface area contributed by atoms with E-state index in [4.69, 9.17) is 17.3 Å². The van der Waals surface area contributed by atoms with Crippen molar-refractivity contribution in [2.45, 2.75) is 6.42 Å². The topological polar surface area (TPSA) is 43.8 Å². The highest BCUT2D eigenvalue weighted by atomic mass is 35.5. The Balaban J connectivity index is 2.29. The second-order valence-corrected chi connectivity index (χ2v) is 3.89. The van der Waals surface area contributed by atoms with Gasteiger partial charge >= 0.3 is 0 Å². The Morgan fingerprint density at radius 3 is 2.87 bits per heavy atom. The number of aryl methyl sites for hydroxylation is 1. The van der Waals surface area contributed by atoms with E-state index in [1.54, 1.807) is 12.3 Å². The first-order valence-corrected chi connectivity index (χ1v) is 5.04. The lowest BCUT2D eigenvalue weighted by Gasteiger charge is -2.05. The minimum Gasteiger partial charge on any atom is -0.399 e. The van der Waals surface area contributed by atoms with E-state index in [2.05, 4.69) is 4.98 Å². The van der Waals surface area contributed by atoms with Gasteiger partial charge in [-0.05, 0) is 17.7 Å². The third kappa shape index (κ3) is 2.13. The molecule has 0 unspecified atom stereocenters. The number of benzene rings is 1. The predicted molar refractivity (Wildman–Crippen MR) is 61.9 cm³/mol. The maximum absolute atomic E-state index is 6.08. The van der Waals surface area contributed by atoms with Crippen LogP contribution in [0, 0.1) is 0 Å². The van der Waals surface area contributed by atoms with E-state index < -0.39 is 0 Å². The Morgan fingerprint density at radius 2 is 2.27 bits per heavy atom. The van der Waals surface area contributed by atoms with Crippen LogP contribution in [0.25, 0.3) is 0 Å². The average molecular weight is 222 g/mol. The summed E-state index contributed by atoms with van der Waals surface area (Å²) in [5.74, 6) is 0.988. The summed E-state index contributed by atoms with van der Waals surface area (Å²) >= 11 is 6.08. The van der Waals surface area contributed by atoms with Crippen LogP contribution >= 0.6 is 11.6 Å². The summed E-state index contributed by atoms with van der Waals surface area (Å²) in [4.78, 5) is 4.25. The molecule has 78 valence electrons. The summed E-state index contributed by atoms with van der Waals surface area (Å²) < 4.78 is 1.98. The van der Waals surface area contributed by atoms with Gasteiger partial charge in [0.2, 0.25) is 0 Å². The molecule has 1 aromatic heterocycles. The molecule has 0 fully saturated rings. The monoisotopic (exact) mass is 221 g/mol. The van der Waals surface area contributed by atoms with Crippen molar-refractivity contribution in [1.82, 2.24) is 9.55 Å². The molecule has 2 rings (SSSR count). The molecule has 1 heterocycles.